The first-order valence-corrected chi connectivity index (χ1v) is 5.05. The summed E-state index contributed by atoms with van der Waals surface area (Å²) in [5.41, 5.74) is -0.111. The molecular formula is C11H9ClN2O3. The highest BCUT2D eigenvalue weighted by molar-refractivity contribution is 6.33. The summed E-state index contributed by atoms with van der Waals surface area (Å²) in [6, 6.07) is 3.70. The van der Waals surface area contributed by atoms with E-state index in [0.29, 0.717) is 0 Å². The number of hydrogen-bond acceptors (Lipinski definition) is 3. The first-order chi connectivity index (χ1) is 8.06. The average molecular weight is 253 g/mol. The molecule has 0 heterocycles. The molecule has 0 spiro atoms. The number of nitrogens with zero attached hydrogens (tertiary/aromatic N) is 1. The third-order valence-corrected chi connectivity index (χ3v) is 2.25. The molecular weight excluding hydrogens is 244 g/mol. The second kappa shape index (κ2) is 5.87. The number of halogens is 1. The Kier molecular flexibility index (Phi) is 4.49. The van der Waals surface area contributed by atoms with E-state index in [0.717, 1.165) is 6.07 Å². The van der Waals surface area contributed by atoms with E-state index in [9.17, 15) is 14.9 Å². The van der Waals surface area contributed by atoms with Crippen molar-refractivity contribution in [2.75, 3.05) is 6.54 Å². The van der Waals surface area contributed by atoms with Gasteiger partial charge >= 0.3 is 0 Å². The lowest BCUT2D eigenvalue weighted by Crippen LogP contribution is -2.23. The van der Waals surface area contributed by atoms with Crippen LogP contribution >= 0.6 is 11.6 Å². The van der Waals surface area contributed by atoms with Gasteiger partial charge in [-0.2, -0.15) is 0 Å². The summed E-state index contributed by atoms with van der Waals surface area (Å²) in [6.07, 6.45) is 0. The van der Waals surface area contributed by atoms with Crippen LogP contribution in [0.5, 0.6) is 0 Å². The highest BCUT2D eigenvalue weighted by atomic mass is 35.5. The molecule has 1 rings (SSSR count). The summed E-state index contributed by atoms with van der Waals surface area (Å²) in [5.74, 6) is 4.77. The van der Waals surface area contributed by atoms with Crippen molar-refractivity contribution >= 4 is 23.2 Å². The first-order valence-electron chi connectivity index (χ1n) is 4.68. The minimum atomic E-state index is -0.584. The van der Waals surface area contributed by atoms with Gasteiger partial charge in [0, 0.05) is 12.1 Å². The van der Waals surface area contributed by atoms with Gasteiger partial charge in [-0.25, -0.2) is 0 Å². The molecule has 88 valence electrons. The molecule has 0 radical (unpaired) electrons. The average Bonchev–Trinajstić information content (AvgIpc) is 2.29. The Hall–Kier alpha value is -2.06. The number of non-ortho nitro benzene ring substituents is 1. The molecule has 0 unspecified atom stereocenters. The van der Waals surface area contributed by atoms with Crippen LogP contribution in [0.3, 0.4) is 0 Å². The Morgan fingerprint density at radius 3 is 2.88 bits per heavy atom. The van der Waals surface area contributed by atoms with E-state index in [2.05, 4.69) is 17.2 Å². The standard InChI is InChI=1S/C11H9ClN2O3/c1-2-3-6-13-11(15)9-7-8(14(16)17)4-5-10(9)12/h4-5,7H,6H2,1H3,(H,13,15). The van der Waals surface area contributed by atoms with Gasteiger partial charge in [0.2, 0.25) is 0 Å². The molecule has 1 N–H and O–H groups in total. The first kappa shape index (κ1) is 13.0. The van der Waals surface area contributed by atoms with Crippen molar-refractivity contribution in [3.8, 4) is 11.8 Å². The smallest absolute Gasteiger partial charge is 0.270 e. The van der Waals surface area contributed by atoms with Gasteiger partial charge in [0.1, 0.15) is 0 Å². The molecule has 0 aliphatic carbocycles. The predicted molar refractivity (Wildman–Crippen MR) is 63.9 cm³/mol. The van der Waals surface area contributed by atoms with Crippen molar-refractivity contribution in [2.45, 2.75) is 6.92 Å². The molecule has 1 aromatic rings. The maximum absolute atomic E-state index is 11.6. The molecule has 1 amide bonds. The number of amides is 1. The van der Waals surface area contributed by atoms with E-state index in [1.165, 1.54) is 12.1 Å². The molecule has 0 aromatic heterocycles. The van der Waals surface area contributed by atoms with Crippen LogP contribution in [-0.4, -0.2) is 17.4 Å². The minimum absolute atomic E-state index is 0.0683. The number of nitro groups is 1. The van der Waals surface area contributed by atoms with Gasteiger partial charge in [-0.1, -0.05) is 17.5 Å². The van der Waals surface area contributed by atoms with Gasteiger partial charge in [-0.05, 0) is 13.0 Å². The number of hydrogen-bond donors (Lipinski definition) is 1. The van der Waals surface area contributed by atoms with E-state index >= 15 is 0 Å². The Bertz CT molecular complexity index is 517. The highest BCUT2D eigenvalue weighted by Crippen LogP contribution is 2.21. The fourth-order valence-electron chi connectivity index (χ4n) is 1.11. The largest absolute Gasteiger partial charge is 0.341 e. The summed E-state index contributed by atoms with van der Waals surface area (Å²) in [7, 11) is 0. The van der Waals surface area contributed by atoms with Crippen LogP contribution in [0.15, 0.2) is 18.2 Å². The van der Waals surface area contributed by atoms with Crippen LogP contribution in [0.1, 0.15) is 17.3 Å². The molecule has 0 saturated carbocycles. The molecule has 1 aromatic carbocycles. The number of nitrogens with one attached hydrogen (secondary N) is 1. The van der Waals surface area contributed by atoms with Crippen molar-refractivity contribution in [1.82, 2.24) is 5.32 Å². The van der Waals surface area contributed by atoms with Crippen LogP contribution < -0.4 is 5.32 Å². The zero-order valence-corrected chi connectivity index (χ0v) is 9.75. The van der Waals surface area contributed by atoms with Crippen molar-refractivity contribution in [1.29, 1.82) is 0 Å². The second-order valence-electron chi connectivity index (χ2n) is 3.03. The van der Waals surface area contributed by atoms with Gasteiger partial charge in [0.05, 0.1) is 22.1 Å². The van der Waals surface area contributed by atoms with Crippen molar-refractivity contribution in [2.24, 2.45) is 0 Å². The summed E-state index contributed by atoms with van der Waals surface area (Å²) in [4.78, 5) is 21.6. The predicted octanol–water partition coefficient (Wildman–Crippen LogP) is 2.00. The number of rotatable bonds is 3. The van der Waals surface area contributed by atoms with E-state index in [-0.39, 0.29) is 22.8 Å². The SMILES string of the molecule is CC#CCNC(=O)c1cc([N+](=O)[O-])ccc1Cl. The van der Waals surface area contributed by atoms with Gasteiger partial charge in [-0.15, -0.1) is 5.92 Å². The molecule has 0 atom stereocenters. The lowest BCUT2D eigenvalue weighted by molar-refractivity contribution is -0.384. The second-order valence-corrected chi connectivity index (χ2v) is 3.44. The Morgan fingerprint density at radius 2 is 2.29 bits per heavy atom. The summed E-state index contributed by atoms with van der Waals surface area (Å²) in [6.45, 7) is 1.82. The third kappa shape index (κ3) is 3.47. The van der Waals surface area contributed by atoms with E-state index in [1.54, 1.807) is 6.92 Å². The van der Waals surface area contributed by atoms with Crippen LogP contribution in [0.2, 0.25) is 5.02 Å². The van der Waals surface area contributed by atoms with Crippen LogP contribution in [-0.2, 0) is 0 Å². The Balaban J connectivity index is 2.94. The number of nitro benzene ring substituents is 1. The summed E-state index contributed by atoms with van der Waals surface area (Å²) < 4.78 is 0. The van der Waals surface area contributed by atoms with Crippen molar-refractivity contribution in [3.63, 3.8) is 0 Å². The van der Waals surface area contributed by atoms with E-state index in [4.69, 9.17) is 11.6 Å². The quantitative estimate of drug-likeness (QED) is 0.508. The summed E-state index contributed by atoms with van der Waals surface area (Å²) >= 11 is 5.79. The maximum atomic E-state index is 11.6. The molecule has 5 nitrogen and oxygen atoms in total. The molecule has 6 heteroatoms. The molecule has 17 heavy (non-hydrogen) atoms. The normalized spacial score (nSPS) is 9.06. The Labute approximate surface area is 103 Å². The van der Waals surface area contributed by atoms with Gasteiger partial charge in [0.25, 0.3) is 11.6 Å². The molecule has 0 bridgehead atoms. The summed E-state index contributed by atoms with van der Waals surface area (Å²) in [5, 5.41) is 13.2. The van der Waals surface area contributed by atoms with Gasteiger partial charge < -0.3 is 5.32 Å². The lowest BCUT2D eigenvalue weighted by Gasteiger charge is -2.03. The van der Waals surface area contributed by atoms with Crippen molar-refractivity contribution < 1.29 is 9.72 Å². The minimum Gasteiger partial charge on any atom is -0.341 e. The van der Waals surface area contributed by atoms with Crippen LogP contribution in [0.4, 0.5) is 5.69 Å². The maximum Gasteiger partial charge on any atom is 0.270 e. The van der Waals surface area contributed by atoms with Crippen LogP contribution in [0, 0.1) is 22.0 Å². The lowest BCUT2D eigenvalue weighted by atomic mass is 10.2. The third-order valence-electron chi connectivity index (χ3n) is 1.92. The van der Waals surface area contributed by atoms with Crippen molar-refractivity contribution in [3.05, 3.63) is 38.9 Å². The van der Waals surface area contributed by atoms with Gasteiger partial charge in [0.15, 0.2) is 0 Å². The molecule has 0 aliphatic rings. The number of carbonyl (C=O) groups is 1. The highest BCUT2D eigenvalue weighted by Gasteiger charge is 2.14. The van der Waals surface area contributed by atoms with E-state index < -0.39 is 10.8 Å². The fourth-order valence-corrected chi connectivity index (χ4v) is 1.31. The number of benzene rings is 1. The zero-order chi connectivity index (χ0) is 12.8. The Morgan fingerprint density at radius 1 is 1.59 bits per heavy atom. The van der Waals surface area contributed by atoms with Gasteiger partial charge in [-0.3, -0.25) is 14.9 Å². The fraction of sp³-hybridized carbons (Fsp3) is 0.182. The molecule has 0 fully saturated rings. The van der Waals surface area contributed by atoms with E-state index in [1.807, 2.05) is 0 Å². The zero-order valence-electron chi connectivity index (χ0n) is 8.99. The topological polar surface area (TPSA) is 72.2 Å². The monoisotopic (exact) mass is 252 g/mol. The molecule has 0 aliphatic heterocycles. The van der Waals surface area contributed by atoms with Crippen LogP contribution in [0.25, 0.3) is 0 Å². The number of carbonyl (C=O) groups excluding carboxylic acids is 1. The molecule has 0 saturated heterocycles.